The van der Waals surface area contributed by atoms with Gasteiger partial charge in [0.1, 0.15) is 5.75 Å². The van der Waals surface area contributed by atoms with E-state index < -0.39 is 7.42 Å². The van der Waals surface area contributed by atoms with Gasteiger partial charge in [-0.2, -0.15) is 22.2 Å². The quantitative estimate of drug-likeness (QED) is 0.569. The number of phenolic OH excluding ortho intramolecular Hbond substituents is 1. The van der Waals surface area contributed by atoms with Gasteiger partial charge in [-0.05, 0) is 53.3 Å². The lowest BCUT2D eigenvalue weighted by atomic mass is 9.96. The molecule has 0 aliphatic carbocycles. The molecule has 0 aliphatic heterocycles. The van der Waals surface area contributed by atoms with Crippen LogP contribution in [0.1, 0.15) is 17.5 Å². The number of benzene rings is 2. The van der Waals surface area contributed by atoms with E-state index in [1.54, 1.807) is 13.2 Å². The molecule has 0 aromatic heterocycles. The number of halogens is 2. The fourth-order valence-corrected chi connectivity index (χ4v) is 3.90. The molecule has 0 saturated carbocycles. The Morgan fingerprint density at radius 1 is 1.09 bits per heavy atom. The van der Waals surface area contributed by atoms with Gasteiger partial charge < -0.3 is 9.84 Å². The highest BCUT2D eigenvalue weighted by molar-refractivity contribution is 7.33. The molecule has 2 aromatic rings. The van der Waals surface area contributed by atoms with Crippen molar-refractivity contribution in [2.45, 2.75) is 25.5 Å². The highest BCUT2D eigenvalue weighted by atomic mass is 35.7. The summed E-state index contributed by atoms with van der Waals surface area (Å²) in [5.41, 5.74) is 4.55. The number of phenols is 1. The molecule has 0 radical (unpaired) electrons. The van der Waals surface area contributed by atoms with Crippen LogP contribution in [0.4, 0.5) is 0 Å². The second-order valence-corrected chi connectivity index (χ2v) is 10.4. The predicted octanol–water partition coefficient (Wildman–Crippen LogP) is 4.84. The number of hydrogen-bond acceptors (Lipinski definition) is 2. The van der Waals surface area contributed by atoms with Crippen LogP contribution in [0, 0.1) is 0 Å². The Bertz CT molecular complexity index is 600. The van der Waals surface area contributed by atoms with Crippen molar-refractivity contribution in [3.63, 3.8) is 0 Å². The van der Waals surface area contributed by atoms with E-state index in [0.29, 0.717) is 12.4 Å². The maximum atomic E-state index is 9.75. The lowest BCUT2D eigenvalue weighted by molar-refractivity contribution is 0.185. The first-order valence-electron chi connectivity index (χ1n) is 7.28. The Hall–Kier alpha value is -1.00. The summed E-state index contributed by atoms with van der Waals surface area (Å²) in [5, 5.41) is 9.75. The fourth-order valence-electron chi connectivity index (χ4n) is 2.46. The average molecular weight is 355 g/mol. The number of hydrogen-bond donors (Lipinski definition) is 1. The lowest BCUT2D eigenvalue weighted by Crippen LogP contribution is -1.96. The van der Waals surface area contributed by atoms with E-state index in [1.165, 1.54) is 0 Å². The van der Waals surface area contributed by atoms with Gasteiger partial charge in [-0.3, -0.25) is 0 Å². The summed E-state index contributed by atoms with van der Waals surface area (Å²) in [7, 11) is 0.130. The third-order valence-electron chi connectivity index (χ3n) is 3.53. The second-order valence-electron chi connectivity index (χ2n) is 5.25. The molecule has 0 amide bonds. The minimum absolute atomic E-state index is 0.292. The van der Waals surface area contributed by atoms with E-state index in [-0.39, 0.29) is 0 Å². The van der Waals surface area contributed by atoms with E-state index in [0.717, 1.165) is 41.1 Å². The van der Waals surface area contributed by atoms with Crippen LogP contribution in [0.25, 0.3) is 11.1 Å². The Kier molecular flexibility index (Phi) is 6.77. The van der Waals surface area contributed by atoms with Crippen molar-refractivity contribution in [2.24, 2.45) is 0 Å². The number of aryl methyl sites for hydroxylation is 1. The molecule has 0 bridgehead atoms. The van der Waals surface area contributed by atoms with Crippen LogP contribution in [0.5, 0.6) is 5.75 Å². The molecule has 0 saturated heterocycles. The topological polar surface area (TPSA) is 29.5 Å². The Morgan fingerprint density at radius 3 is 2.45 bits per heavy atom. The second kappa shape index (κ2) is 8.58. The Balaban J connectivity index is 2.21. The molecule has 22 heavy (non-hydrogen) atoms. The van der Waals surface area contributed by atoms with E-state index in [4.69, 9.17) is 26.9 Å². The van der Waals surface area contributed by atoms with Crippen molar-refractivity contribution in [2.75, 3.05) is 7.11 Å². The number of aromatic hydroxyl groups is 1. The SMILES string of the molecule is COCc1ccc(-c2ccc(O)cc2CCC[SiH](Cl)Cl)cc1. The van der Waals surface area contributed by atoms with Crippen molar-refractivity contribution in [3.05, 3.63) is 53.6 Å². The highest BCUT2D eigenvalue weighted by Crippen LogP contribution is 2.29. The smallest absolute Gasteiger partial charge is 0.237 e. The highest BCUT2D eigenvalue weighted by Gasteiger charge is 2.08. The summed E-state index contributed by atoms with van der Waals surface area (Å²) in [6.07, 6.45) is 1.81. The third-order valence-corrected chi connectivity index (χ3v) is 5.69. The zero-order valence-corrected chi connectivity index (χ0v) is 15.2. The van der Waals surface area contributed by atoms with Gasteiger partial charge in [-0.15, -0.1) is 0 Å². The first kappa shape index (κ1) is 17.4. The predicted molar refractivity (Wildman–Crippen MR) is 96.2 cm³/mol. The van der Waals surface area contributed by atoms with Crippen LogP contribution in [0.2, 0.25) is 6.04 Å². The molecule has 2 nitrogen and oxygen atoms in total. The molecular weight excluding hydrogens is 335 g/mol. The van der Waals surface area contributed by atoms with Gasteiger partial charge in [0, 0.05) is 7.11 Å². The summed E-state index contributed by atoms with van der Waals surface area (Å²) in [5.74, 6) is 0.292. The van der Waals surface area contributed by atoms with Crippen LogP contribution in [-0.4, -0.2) is 19.6 Å². The molecule has 0 unspecified atom stereocenters. The Morgan fingerprint density at radius 2 is 1.82 bits per heavy atom. The summed E-state index contributed by atoms with van der Waals surface area (Å²) in [6, 6.07) is 14.7. The summed E-state index contributed by atoms with van der Waals surface area (Å²) < 4.78 is 5.13. The minimum Gasteiger partial charge on any atom is -0.508 e. The molecular formula is C17H20Cl2O2Si. The molecule has 118 valence electrons. The maximum absolute atomic E-state index is 9.75. The van der Waals surface area contributed by atoms with Gasteiger partial charge in [-0.1, -0.05) is 30.3 Å². The van der Waals surface area contributed by atoms with E-state index >= 15 is 0 Å². The van der Waals surface area contributed by atoms with Gasteiger partial charge in [0.05, 0.1) is 6.61 Å². The molecule has 0 atom stereocenters. The van der Waals surface area contributed by atoms with Gasteiger partial charge >= 0.3 is 0 Å². The first-order chi connectivity index (χ1) is 10.6. The summed E-state index contributed by atoms with van der Waals surface area (Å²) in [4.78, 5) is 0. The largest absolute Gasteiger partial charge is 0.508 e. The van der Waals surface area contributed by atoms with Crippen molar-refractivity contribution in [1.82, 2.24) is 0 Å². The lowest BCUT2D eigenvalue weighted by Gasteiger charge is -2.11. The van der Waals surface area contributed by atoms with Gasteiger partial charge in [0.15, 0.2) is 0 Å². The van der Waals surface area contributed by atoms with Crippen molar-refractivity contribution < 1.29 is 9.84 Å². The maximum Gasteiger partial charge on any atom is 0.237 e. The standard InChI is InChI=1S/C17H20Cl2O2Si/c1-21-12-13-4-6-14(7-5-13)17-9-8-16(20)11-15(17)3-2-10-22(18)19/h4-9,11,20,22H,2-3,10,12H2,1H3. The molecule has 0 heterocycles. The Labute approximate surface area is 142 Å². The van der Waals surface area contributed by atoms with Gasteiger partial charge in [0.25, 0.3) is 0 Å². The molecule has 2 aromatic carbocycles. The summed E-state index contributed by atoms with van der Waals surface area (Å²) in [6.45, 7) is 0.611. The monoisotopic (exact) mass is 354 g/mol. The van der Waals surface area contributed by atoms with Crippen LogP contribution < -0.4 is 0 Å². The molecule has 0 fully saturated rings. The van der Waals surface area contributed by atoms with Crippen molar-refractivity contribution in [1.29, 1.82) is 0 Å². The van der Waals surface area contributed by atoms with Crippen LogP contribution in [-0.2, 0) is 17.8 Å². The van der Waals surface area contributed by atoms with E-state index in [9.17, 15) is 5.11 Å². The first-order valence-corrected chi connectivity index (χ1v) is 11.6. The zero-order chi connectivity index (χ0) is 15.9. The van der Waals surface area contributed by atoms with Crippen LogP contribution in [0.15, 0.2) is 42.5 Å². The van der Waals surface area contributed by atoms with E-state index in [2.05, 4.69) is 24.3 Å². The molecule has 0 spiro atoms. The molecule has 1 N–H and O–H groups in total. The number of methoxy groups -OCH3 is 1. The number of ether oxygens (including phenoxy) is 1. The fraction of sp³-hybridized carbons (Fsp3) is 0.294. The minimum atomic E-state index is -1.56. The van der Waals surface area contributed by atoms with Crippen LogP contribution >= 0.6 is 22.2 Å². The van der Waals surface area contributed by atoms with Gasteiger partial charge in [-0.25, -0.2) is 0 Å². The van der Waals surface area contributed by atoms with Gasteiger partial charge in [0.2, 0.25) is 7.42 Å². The third kappa shape index (κ3) is 5.02. The molecule has 5 heteroatoms. The zero-order valence-electron chi connectivity index (χ0n) is 12.6. The van der Waals surface area contributed by atoms with Crippen LogP contribution in [0.3, 0.4) is 0 Å². The number of rotatable bonds is 7. The average Bonchev–Trinajstić information content (AvgIpc) is 2.48. The van der Waals surface area contributed by atoms with Crippen molar-refractivity contribution >= 4 is 29.6 Å². The molecule has 2 rings (SSSR count). The molecule has 0 aliphatic rings. The normalized spacial score (nSPS) is 11.1. The van der Waals surface area contributed by atoms with Crippen molar-refractivity contribution in [3.8, 4) is 16.9 Å². The van der Waals surface area contributed by atoms with E-state index in [1.807, 2.05) is 12.1 Å². The summed E-state index contributed by atoms with van der Waals surface area (Å²) >= 11 is 11.8.